The summed E-state index contributed by atoms with van der Waals surface area (Å²) in [5.41, 5.74) is 0.309. The molecule has 80 valence electrons. The van der Waals surface area contributed by atoms with Crippen molar-refractivity contribution in [1.29, 1.82) is 0 Å². The number of hydrogen-bond donors (Lipinski definition) is 1. The van der Waals surface area contributed by atoms with Gasteiger partial charge in [0.15, 0.2) is 0 Å². The summed E-state index contributed by atoms with van der Waals surface area (Å²) >= 11 is 0. The van der Waals surface area contributed by atoms with Crippen molar-refractivity contribution in [2.75, 3.05) is 13.2 Å². The topological polar surface area (TPSA) is 72.8 Å². The molecule has 0 heterocycles. The van der Waals surface area contributed by atoms with Crippen molar-refractivity contribution in [3.05, 3.63) is 12.2 Å². The van der Waals surface area contributed by atoms with Crippen LogP contribution in [0, 0.1) is 0 Å². The molecule has 1 atom stereocenters. The molecule has 5 heteroatoms. The highest BCUT2D eigenvalue weighted by atomic mass is 16.5. The van der Waals surface area contributed by atoms with Gasteiger partial charge in [-0.1, -0.05) is 6.58 Å². The zero-order valence-electron chi connectivity index (χ0n) is 8.06. The highest BCUT2D eigenvalue weighted by Gasteiger charge is 2.07. The molecule has 0 bridgehead atoms. The number of rotatable bonds is 7. The number of aliphatic hydroxyl groups excluding tert-OH is 1. The lowest BCUT2D eigenvalue weighted by molar-refractivity contribution is -0.140. The Morgan fingerprint density at radius 1 is 1.64 bits per heavy atom. The number of hydrogen-bond acceptors (Lipinski definition) is 5. The van der Waals surface area contributed by atoms with Crippen molar-refractivity contribution in [3.8, 4) is 0 Å². The van der Waals surface area contributed by atoms with Crippen LogP contribution in [-0.4, -0.2) is 36.9 Å². The summed E-state index contributed by atoms with van der Waals surface area (Å²) < 4.78 is 9.02. The van der Waals surface area contributed by atoms with Gasteiger partial charge in [0.05, 0.1) is 12.7 Å². The largest absolute Gasteiger partial charge is 0.465 e. The third-order valence-electron chi connectivity index (χ3n) is 1.39. The molecule has 0 saturated carbocycles. The van der Waals surface area contributed by atoms with E-state index < -0.39 is 12.1 Å². The van der Waals surface area contributed by atoms with E-state index in [-0.39, 0.29) is 26.1 Å². The Bertz CT molecular complexity index is 211. The van der Waals surface area contributed by atoms with Crippen LogP contribution >= 0.6 is 0 Å². The van der Waals surface area contributed by atoms with Crippen LogP contribution in [0.2, 0.25) is 0 Å². The molecule has 5 nitrogen and oxygen atoms in total. The van der Waals surface area contributed by atoms with Gasteiger partial charge in [0, 0.05) is 12.0 Å². The van der Waals surface area contributed by atoms with Crippen molar-refractivity contribution in [2.24, 2.45) is 0 Å². The molecule has 0 aliphatic rings. The first-order valence-electron chi connectivity index (χ1n) is 4.14. The molecular formula is C9H14O5. The second kappa shape index (κ2) is 7.08. The lowest BCUT2D eigenvalue weighted by Crippen LogP contribution is -2.18. The molecule has 0 fully saturated rings. The quantitative estimate of drug-likeness (QED) is 0.358. The Balaban J connectivity index is 3.48. The van der Waals surface area contributed by atoms with E-state index in [1.807, 2.05) is 0 Å². The summed E-state index contributed by atoms with van der Waals surface area (Å²) in [6.45, 7) is 5.17. The molecule has 1 N–H and O–H groups in total. The van der Waals surface area contributed by atoms with Crippen LogP contribution in [0.1, 0.15) is 13.3 Å². The van der Waals surface area contributed by atoms with Gasteiger partial charge in [-0.15, -0.1) is 0 Å². The van der Waals surface area contributed by atoms with Gasteiger partial charge in [0.2, 0.25) is 0 Å². The number of ether oxygens (including phenoxy) is 2. The lowest BCUT2D eigenvalue weighted by atomic mass is 10.3. The van der Waals surface area contributed by atoms with E-state index in [0.29, 0.717) is 5.57 Å². The minimum atomic E-state index is -0.807. The highest BCUT2D eigenvalue weighted by Crippen LogP contribution is 1.97. The first kappa shape index (κ1) is 12.6. The van der Waals surface area contributed by atoms with E-state index in [0.717, 1.165) is 0 Å². The fourth-order valence-corrected chi connectivity index (χ4v) is 0.645. The number of carbonyl (C=O) groups is 2. The molecule has 0 rings (SSSR count). The van der Waals surface area contributed by atoms with Crippen LogP contribution in [0.25, 0.3) is 0 Å². The lowest BCUT2D eigenvalue weighted by Gasteiger charge is -2.09. The van der Waals surface area contributed by atoms with Crippen LogP contribution in [0.3, 0.4) is 0 Å². The van der Waals surface area contributed by atoms with E-state index in [9.17, 15) is 9.59 Å². The third-order valence-corrected chi connectivity index (χ3v) is 1.39. The van der Waals surface area contributed by atoms with Crippen LogP contribution in [0.4, 0.5) is 0 Å². The number of carbonyl (C=O) groups excluding carboxylic acids is 2. The molecule has 14 heavy (non-hydrogen) atoms. The normalized spacial score (nSPS) is 11.6. The first-order chi connectivity index (χ1) is 6.57. The van der Waals surface area contributed by atoms with Crippen LogP contribution in [0.5, 0.6) is 0 Å². The smallest absolute Gasteiger partial charge is 0.333 e. The third kappa shape index (κ3) is 6.19. The Hall–Kier alpha value is -1.36. The number of esters is 1. The van der Waals surface area contributed by atoms with Crippen molar-refractivity contribution >= 4 is 12.4 Å². The Morgan fingerprint density at radius 2 is 2.29 bits per heavy atom. The summed E-state index contributed by atoms with van der Waals surface area (Å²) in [6, 6.07) is 0. The average molecular weight is 202 g/mol. The second-order valence-electron chi connectivity index (χ2n) is 2.79. The fraction of sp³-hybridized carbons (Fsp3) is 0.556. The fourth-order valence-electron chi connectivity index (χ4n) is 0.645. The molecular weight excluding hydrogens is 188 g/mol. The molecule has 0 saturated heterocycles. The Morgan fingerprint density at radius 3 is 2.79 bits per heavy atom. The summed E-state index contributed by atoms with van der Waals surface area (Å²) in [6.07, 6.45) is -0.578. The maximum Gasteiger partial charge on any atom is 0.333 e. The van der Waals surface area contributed by atoms with Gasteiger partial charge in [0.25, 0.3) is 6.47 Å². The van der Waals surface area contributed by atoms with Crippen molar-refractivity contribution < 1.29 is 24.2 Å². The van der Waals surface area contributed by atoms with Gasteiger partial charge < -0.3 is 14.6 Å². The minimum Gasteiger partial charge on any atom is -0.465 e. The van der Waals surface area contributed by atoms with E-state index in [2.05, 4.69) is 11.3 Å². The van der Waals surface area contributed by atoms with E-state index in [1.54, 1.807) is 0 Å². The van der Waals surface area contributed by atoms with Crippen molar-refractivity contribution in [1.82, 2.24) is 0 Å². The molecule has 0 aromatic heterocycles. The van der Waals surface area contributed by atoms with Crippen molar-refractivity contribution in [3.63, 3.8) is 0 Å². The molecule has 0 aliphatic carbocycles. The van der Waals surface area contributed by atoms with Crippen LogP contribution in [0.15, 0.2) is 12.2 Å². The number of aliphatic hydroxyl groups is 1. The molecule has 0 radical (unpaired) electrons. The monoisotopic (exact) mass is 202 g/mol. The van der Waals surface area contributed by atoms with Gasteiger partial charge in [-0.2, -0.15) is 0 Å². The van der Waals surface area contributed by atoms with Crippen molar-refractivity contribution in [2.45, 2.75) is 19.4 Å². The maximum absolute atomic E-state index is 10.8. The molecule has 0 spiro atoms. The van der Waals surface area contributed by atoms with E-state index in [1.165, 1.54) is 6.92 Å². The molecule has 0 aromatic rings. The molecule has 0 aromatic carbocycles. The SMILES string of the molecule is C=C(C)C(=O)OCCC(O)COC=O. The van der Waals surface area contributed by atoms with Gasteiger partial charge in [-0.25, -0.2) is 4.79 Å². The van der Waals surface area contributed by atoms with Gasteiger partial charge in [0.1, 0.15) is 6.61 Å². The van der Waals surface area contributed by atoms with Crippen LogP contribution in [-0.2, 0) is 19.1 Å². The van der Waals surface area contributed by atoms with Crippen LogP contribution < -0.4 is 0 Å². The molecule has 0 amide bonds. The standard InChI is InChI=1S/C9H14O5/c1-7(2)9(12)14-4-3-8(11)5-13-6-10/h6,8,11H,1,3-5H2,2H3. The van der Waals surface area contributed by atoms with E-state index in [4.69, 9.17) is 9.84 Å². The zero-order chi connectivity index (χ0) is 11.0. The Kier molecular flexibility index (Phi) is 6.39. The zero-order valence-corrected chi connectivity index (χ0v) is 8.06. The van der Waals surface area contributed by atoms with Gasteiger partial charge in [-0.3, -0.25) is 4.79 Å². The highest BCUT2D eigenvalue weighted by molar-refractivity contribution is 5.86. The Labute approximate surface area is 82.3 Å². The summed E-state index contributed by atoms with van der Waals surface area (Å²) in [5.74, 6) is -0.492. The summed E-state index contributed by atoms with van der Waals surface area (Å²) in [7, 11) is 0. The summed E-state index contributed by atoms with van der Waals surface area (Å²) in [4.78, 5) is 20.6. The average Bonchev–Trinajstić information content (AvgIpc) is 2.14. The van der Waals surface area contributed by atoms with Gasteiger partial charge in [-0.05, 0) is 6.92 Å². The molecule has 1 unspecified atom stereocenters. The second-order valence-corrected chi connectivity index (χ2v) is 2.79. The predicted octanol–water partition coefficient (Wildman–Crippen LogP) is 0.0297. The molecule has 0 aliphatic heterocycles. The predicted molar refractivity (Wildman–Crippen MR) is 48.4 cm³/mol. The minimum absolute atomic E-state index is 0.0784. The van der Waals surface area contributed by atoms with E-state index >= 15 is 0 Å². The summed E-state index contributed by atoms with van der Waals surface area (Å²) in [5, 5.41) is 9.13. The maximum atomic E-state index is 10.8. The van der Waals surface area contributed by atoms with Gasteiger partial charge >= 0.3 is 5.97 Å². The first-order valence-corrected chi connectivity index (χ1v) is 4.14.